The van der Waals surface area contributed by atoms with Gasteiger partial charge in [-0.1, -0.05) is 29.3 Å². The second-order valence-corrected chi connectivity index (χ2v) is 6.76. The van der Waals surface area contributed by atoms with Crippen LogP contribution in [0.4, 0.5) is 0 Å². The van der Waals surface area contributed by atoms with Crippen LogP contribution in [0, 0.1) is 0 Å². The number of amides is 1. The van der Waals surface area contributed by atoms with Crippen molar-refractivity contribution in [3.05, 3.63) is 33.8 Å². The topological polar surface area (TPSA) is 63.2 Å². The highest BCUT2D eigenvalue weighted by Gasteiger charge is 2.14. The summed E-state index contributed by atoms with van der Waals surface area (Å²) in [5.74, 6) is -0.638. The van der Waals surface area contributed by atoms with Crippen LogP contribution in [-0.2, 0) is 20.4 Å². The molecule has 0 aromatic heterocycles. The van der Waals surface area contributed by atoms with E-state index in [-0.39, 0.29) is 23.8 Å². The van der Waals surface area contributed by atoms with Gasteiger partial charge in [0.25, 0.3) is 0 Å². The average Bonchev–Trinajstić information content (AvgIpc) is 2.30. The normalized spacial score (nSPS) is 11.3. The fourth-order valence-electron chi connectivity index (χ4n) is 1.33. The van der Waals surface area contributed by atoms with Crippen LogP contribution in [-0.4, -0.2) is 27.1 Å². The number of hydrogen-bond donors (Lipinski definition) is 1. The molecule has 0 atom stereocenters. The predicted octanol–water partition coefficient (Wildman–Crippen LogP) is 2.04. The maximum atomic E-state index is 11.8. The van der Waals surface area contributed by atoms with Crippen LogP contribution < -0.4 is 5.32 Å². The summed E-state index contributed by atoms with van der Waals surface area (Å²) >= 11 is 11.5. The van der Waals surface area contributed by atoms with Crippen molar-refractivity contribution in [3.8, 4) is 0 Å². The quantitative estimate of drug-likeness (QED) is 0.905. The molecule has 0 unspecified atom stereocenters. The third-order valence-electron chi connectivity index (χ3n) is 2.29. The molecule has 18 heavy (non-hydrogen) atoms. The molecule has 4 nitrogen and oxygen atoms in total. The van der Waals surface area contributed by atoms with Gasteiger partial charge in [0.15, 0.2) is 9.84 Å². The van der Waals surface area contributed by atoms with Crippen LogP contribution in [0.25, 0.3) is 0 Å². The highest BCUT2D eigenvalue weighted by molar-refractivity contribution is 7.90. The Labute approximate surface area is 116 Å². The van der Waals surface area contributed by atoms with E-state index in [2.05, 4.69) is 5.32 Å². The molecule has 0 fully saturated rings. The highest BCUT2D eigenvalue weighted by Crippen LogP contribution is 2.23. The Morgan fingerprint density at radius 2 is 1.94 bits per heavy atom. The number of benzene rings is 1. The third kappa shape index (κ3) is 4.84. The summed E-state index contributed by atoms with van der Waals surface area (Å²) in [7, 11) is -1.87. The maximum Gasteiger partial charge on any atom is 0.220 e. The van der Waals surface area contributed by atoms with Gasteiger partial charge >= 0.3 is 0 Å². The molecule has 1 aromatic carbocycles. The van der Waals surface area contributed by atoms with Crippen molar-refractivity contribution in [3.63, 3.8) is 0 Å². The molecule has 1 N–H and O–H groups in total. The Hall–Kier alpha value is -0.780. The fraction of sp³-hybridized carbons (Fsp3) is 0.364. The van der Waals surface area contributed by atoms with Gasteiger partial charge in [0.05, 0.1) is 21.6 Å². The van der Waals surface area contributed by atoms with E-state index in [9.17, 15) is 13.2 Å². The molecule has 0 aliphatic rings. The first-order chi connectivity index (χ1) is 8.34. The van der Waals surface area contributed by atoms with Crippen LogP contribution in [0.15, 0.2) is 18.2 Å². The lowest BCUT2D eigenvalue weighted by atomic mass is 10.2. The van der Waals surface area contributed by atoms with Gasteiger partial charge < -0.3 is 5.32 Å². The number of carbonyl (C=O) groups excluding carboxylic acids is 1. The molecule has 0 heterocycles. The highest BCUT2D eigenvalue weighted by atomic mass is 35.5. The standard InChI is InChI=1S/C11H13Cl2NO3S/c1-14-11(15)4-5-18(16,17)7-8-2-3-9(12)10(13)6-8/h2-3,6H,4-5,7H2,1H3,(H,14,15). The number of sulfone groups is 1. The molecule has 0 spiro atoms. The van der Waals surface area contributed by atoms with Gasteiger partial charge in [-0.2, -0.15) is 0 Å². The van der Waals surface area contributed by atoms with E-state index in [1.807, 2.05) is 0 Å². The van der Waals surface area contributed by atoms with Gasteiger partial charge in [-0.05, 0) is 17.7 Å². The first-order valence-corrected chi connectivity index (χ1v) is 7.77. The minimum Gasteiger partial charge on any atom is -0.359 e. The monoisotopic (exact) mass is 309 g/mol. The van der Waals surface area contributed by atoms with Gasteiger partial charge in [0.1, 0.15) is 0 Å². The van der Waals surface area contributed by atoms with Gasteiger partial charge in [-0.3, -0.25) is 4.79 Å². The summed E-state index contributed by atoms with van der Waals surface area (Å²) in [6, 6.07) is 4.67. The lowest BCUT2D eigenvalue weighted by molar-refractivity contribution is -0.120. The number of rotatable bonds is 5. The van der Waals surface area contributed by atoms with Crippen LogP contribution >= 0.6 is 23.2 Å². The van der Waals surface area contributed by atoms with Crippen molar-refractivity contribution in [2.75, 3.05) is 12.8 Å². The zero-order valence-corrected chi connectivity index (χ0v) is 12.1. The van der Waals surface area contributed by atoms with Crippen molar-refractivity contribution >= 4 is 38.9 Å². The second kappa shape index (κ2) is 6.41. The summed E-state index contributed by atoms with van der Waals surface area (Å²) in [6.07, 6.45) is -0.0415. The summed E-state index contributed by atoms with van der Waals surface area (Å²) in [4.78, 5) is 11.0. The lowest BCUT2D eigenvalue weighted by Crippen LogP contribution is -2.22. The predicted molar refractivity (Wildman–Crippen MR) is 72.6 cm³/mol. The van der Waals surface area contributed by atoms with Gasteiger partial charge in [-0.15, -0.1) is 0 Å². The van der Waals surface area contributed by atoms with E-state index in [1.54, 1.807) is 12.1 Å². The molecule has 0 aliphatic carbocycles. The van der Waals surface area contributed by atoms with E-state index in [4.69, 9.17) is 23.2 Å². The van der Waals surface area contributed by atoms with Gasteiger partial charge in [0, 0.05) is 13.5 Å². The largest absolute Gasteiger partial charge is 0.359 e. The molecule has 1 aromatic rings. The van der Waals surface area contributed by atoms with E-state index in [0.717, 1.165) is 0 Å². The molecule has 1 rings (SSSR count). The fourth-order valence-corrected chi connectivity index (χ4v) is 2.98. The summed E-state index contributed by atoms with van der Waals surface area (Å²) in [5.41, 5.74) is 0.557. The molecule has 0 saturated heterocycles. The molecule has 1 amide bonds. The maximum absolute atomic E-state index is 11.8. The first-order valence-electron chi connectivity index (χ1n) is 5.19. The molecule has 0 radical (unpaired) electrons. The van der Waals surface area contributed by atoms with E-state index in [0.29, 0.717) is 15.6 Å². The average molecular weight is 310 g/mol. The lowest BCUT2D eigenvalue weighted by Gasteiger charge is -2.05. The van der Waals surface area contributed by atoms with Crippen LogP contribution in [0.3, 0.4) is 0 Å². The molecule has 0 bridgehead atoms. The SMILES string of the molecule is CNC(=O)CCS(=O)(=O)Cc1ccc(Cl)c(Cl)c1. The van der Waals surface area contributed by atoms with E-state index >= 15 is 0 Å². The molecule has 0 saturated carbocycles. The summed E-state index contributed by atoms with van der Waals surface area (Å²) in [5, 5.41) is 3.07. The smallest absolute Gasteiger partial charge is 0.220 e. The minimum atomic E-state index is -3.33. The second-order valence-electron chi connectivity index (χ2n) is 3.76. The van der Waals surface area contributed by atoms with Crippen molar-refractivity contribution < 1.29 is 13.2 Å². The van der Waals surface area contributed by atoms with Crippen LogP contribution in [0.1, 0.15) is 12.0 Å². The zero-order chi connectivity index (χ0) is 13.8. The molecule has 0 aliphatic heterocycles. The molecule has 100 valence electrons. The molecular weight excluding hydrogens is 297 g/mol. The number of halogens is 2. The third-order valence-corrected chi connectivity index (χ3v) is 4.63. The van der Waals surface area contributed by atoms with E-state index in [1.165, 1.54) is 13.1 Å². The Morgan fingerprint density at radius 1 is 1.28 bits per heavy atom. The molecule has 7 heteroatoms. The first kappa shape index (κ1) is 15.3. The molecular formula is C11H13Cl2NO3S. The Morgan fingerprint density at radius 3 is 2.50 bits per heavy atom. The number of nitrogens with one attached hydrogen (secondary N) is 1. The summed E-state index contributed by atoms with van der Waals surface area (Å²) < 4.78 is 23.5. The minimum absolute atomic E-state index is 0.0415. The van der Waals surface area contributed by atoms with Crippen LogP contribution in [0.2, 0.25) is 10.0 Å². The van der Waals surface area contributed by atoms with Gasteiger partial charge in [-0.25, -0.2) is 8.42 Å². The van der Waals surface area contributed by atoms with Gasteiger partial charge in [0.2, 0.25) is 5.91 Å². The van der Waals surface area contributed by atoms with Crippen LogP contribution in [0.5, 0.6) is 0 Å². The number of carbonyl (C=O) groups is 1. The Kier molecular flexibility index (Phi) is 5.44. The van der Waals surface area contributed by atoms with Crippen molar-refractivity contribution in [1.29, 1.82) is 0 Å². The number of hydrogen-bond acceptors (Lipinski definition) is 3. The van der Waals surface area contributed by atoms with Crippen molar-refractivity contribution in [2.45, 2.75) is 12.2 Å². The Balaban J connectivity index is 2.70. The zero-order valence-electron chi connectivity index (χ0n) is 9.74. The van der Waals surface area contributed by atoms with Crippen molar-refractivity contribution in [1.82, 2.24) is 5.32 Å². The van der Waals surface area contributed by atoms with E-state index < -0.39 is 9.84 Å². The van der Waals surface area contributed by atoms with Crippen molar-refractivity contribution in [2.24, 2.45) is 0 Å². The Bertz CT molecular complexity index is 543. The summed E-state index contributed by atoms with van der Waals surface area (Å²) in [6.45, 7) is 0.